The summed E-state index contributed by atoms with van der Waals surface area (Å²) in [7, 11) is -4.28. The maximum atomic E-state index is 12.8. The number of anilines is 1. The Balaban J connectivity index is 1.72. The Hall–Kier alpha value is -2.67. The van der Waals surface area contributed by atoms with Crippen LogP contribution in [-0.2, 0) is 31.3 Å². The van der Waals surface area contributed by atoms with Crippen molar-refractivity contribution in [2.24, 2.45) is 0 Å². The zero-order valence-electron chi connectivity index (χ0n) is 18.6. The molecular weight excluding hydrogens is 470 g/mol. The van der Waals surface area contributed by atoms with Gasteiger partial charge >= 0.3 is 0 Å². The molecule has 33 heavy (non-hydrogen) atoms. The summed E-state index contributed by atoms with van der Waals surface area (Å²) in [4.78, 5) is 13.0. The summed E-state index contributed by atoms with van der Waals surface area (Å²) in [6.07, 6.45) is 1.07. The van der Waals surface area contributed by atoms with E-state index in [2.05, 4.69) is 5.32 Å². The quantitative estimate of drug-likeness (QED) is 0.578. The number of carbonyl (C=O) groups is 1. The summed E-state index contributed by atoms with van der Waals surface area (Å²) in [6, 6.07) is 10.8. The van der Waals surface area contributed by atoms with Crippen molar-refractivity contribution in [2.75, 3.05) is 51.0 Å². The molecule has 0 radical (unpaired) electrons. The van der Waals surface area contributed by atoms with Crippen molar-refractivity contribution >= 4 is 31.6 Å². The molecule has 0 saturated carbocycles. The Morgan fingerprint density at radius 3 is 2.30 bits per heavy atom. The van der Waals surface area contributed by atoms with Gasteiger partial charge in [-0.05, 0) is 35.9 Å². The molecule has 0 unspecified atom stereocenters. The number of ether oxygens (including phenoxy) is 2. The van der Waals surface area contributed by atoms with Crippen LogP contribution in [0.15, 0.2) is 47.4 Å². The average Bonchev–Trinajstić information content (AvgIpc) is 2.81. The second kappa shape index (κ2) is 10.1. The van der Waals surface area contributed by atoms with Gasteiger partial charge in [-0.25, -0.2) is 16.8 Å². The summed E-state index contributed by atoms with van der Waals surface area (Å²) in [5, 5.41) is 2.75. The fraction of sp³-hybridized carbons (Fsp3) is 0.381. The lowest BCUT2D eigenvalue weighted by Gasteiger charge is -2.26. The average molecular weight is 498 g/mol. The second-order valence-electron chi connectivity index (χ2n) is 7.46. The highest BCUT2D eigenvalue weighted by Crippen LogP contribution is 2.26. The van der Waals surface area contributed by atoms with Crippen LogP contribution in [0.1, 0.15) is 15.9 Å². The van der Waals surface area contributed by atoms with Gasteiger partial charge in [0.05, 0.1) is 42.7 Å². The minimum atomic E-state index is -3.59. The van der Waals surface area contributed by atoms with Crippen LogP contribution in [0.25, 0.3) is 0 Å². The molecule has 0 aliphatic carbocycles. The van der Waals surface area contributed by atoms with Gasteiger partial charge in [0.2, 0.25) is 20.0 Å². The first kappa shape index (κ1) is 25.0. The van der Waals surface area contributed by atoms with E-state index in [0.717, 1.165) is 10.6 Å². The third-order valence-corrected chi connectivity index (χ3v) is 8.39. The Kier molecular flexibility index (Phi) is 7.62. The maximum absolute atomic E-state index is 12.8. The Labute approximate surface area is 194 Å². The molecule has 1 heterocycles. The maximum Gasteiger partial charge on any atom is 0.255 e. The molecule has 0 spiro atoms. The molecule has 0 bridgehead atoms. The first-order valence-corrected chi connectivity index (χ1v) is 13.4. The van der Waals surface area contributed by atoms with Gasteiger partial charge in [0.25, 0.3) is 5.91 Å². The normalized spacial score (nSPS) is 15.1. The van der Waals surface area contributed by atoms with E-state index in [1.807, 2.05) is 0 Å². The number of hydrogen-bond donors (Lipinski definition) is 1. The molecule has 0 aromatic heterocycles. The SMILES string of the molecule is COc1ccc(N(C)S(C)(=O)=O)cc1C(=O)NCc1ccc(S(=O)(=O)N2CCOCC2)cc1. The number of benzene rings is 2. The summed E-state index contributed by atoms with van der Waals surface area (Å²) < 4.78 is 62.0. The van der Waals surface area contributed by atoms with Crippen molar-refractivity contribution in [3.8, 4) is 5.75 Å². The van der Waals surface area contributed by atoms with E-state index in [-0.39, 0.29) is 17.0 Å². The molecule has 0 atom stereocenters. The predicted octanol–water partition coefficient (Wildman–Crippen LogP) is 1.04. The minimum absolute atomic E-state index is 0.145. The number of carbonyl (C=O) groups excluding carboxylic acids is 1. The Bertz CT molecular complexity index is 1210. The molecule has 1 fully saturated rings. The highest BCUT2D eigenvalue weighted by Gasteiger charge is 2.26. The summed E-state index contributed by atoms with van der Waals surface area (Å²) in [5.41, 5.74) is 1.20. The predicted molar refractivity (Wildman–Crippen MR) is 123 cm³/mol. The topological polar surface area (TPSA) is 122 Å². The molecule has 180 valence electrons. The molecule has 2 aromatic carbocycles. The van der Waals surface area contributed by atoms with Crippen LogP contribution in [0.5, 0.6) is 5.75 Å². The Morgan fingerprint density at radius 2 is 1.73 bits per heavy atom. The van der Waals surface area contributed by atoms with Crippen molar-refractivity contribution in [1.29, 1.82) is 0 Å². The molecule has 10 nitrogen and oxygen atoms in total. The Morgan fingerprint density at radius 1 is 1.09 bits per heavy atom. The van der Waals surface area contributed by atoms with E-state index in [4.69, 9.17) is 9.47 Å². The first-order valence-electron chi connectivity index (χ1n) is 10.1. The monoisotopic (exact) mass is 497 g/mol. The van der Waals surface area contributed by atoms with E-state index in [9.17, 15) is 21.6 Å². The van der Waals surface area contributed by atoms with E-state index < -0.39 is 26.0 Å². The molecule has 1 saturated heterocycles. The van der Waals surface area contributed by atoms with Gasteiger partial charge in [0.1, 0.15) is 5.75 Å². The van der Waals surface area contributed by atoms with Crippen LogP contribution < -0.4 is 14.4 Å². The third-order valence-electron chi connectivity index (χ3n) is 5.27. The van der Waals surface area contributed by atoms with Crippen molar-refractivity contribution < 1.29 is 31.1 Å². The number of nitrogens with zero attached hydrogens (tertiary/aromatic N) is 2. The van der Waals surface area contributed by atoms with Gasteiger partial charge in [-0.15, -0.1) is 0 Å². The largest absolute Gasteiger partial charge is 0.496 e. The van der Waals surface area contributed by atoms with Crippen LogP contribution in [0, 0.1) is 0 Å². The van der Waals surface area contributed by atoms with E-state index in [0.29, 0.717) is 43.3 Å². The number of morpholine rings is 1. The molecule has 1 amide bonds. The minimum Gasteiger partial charge on any atom is -0.496 e. The molecular formula is C21H27N3O7S2. The zero-order chi connectivity index (χ0) is 24.2. The summed E-state index contributed by atoms with van der Waals surface area (Å²) >= 11 is 0. The lowest BCUT2D eigenvalue weighted by molar-refractivity contribution is 0.0730. The van der Waals surface area contributed by atoms with E-state index in [1.54, 1.807) is 18.2 Å². The van der Waals surface area contributed by atoms with Crippen molar-refractivity contribution in [3.05, 3.63) is 53.6 Å². The fourth-order valence-electron chi connectivity index (χ4n) is 3.25. The van der Waals surface area contributed by atoms with Crippen LogP contribution in [0.3, 0.4) is 0 Å². The number of hydrogen-bond acceptors (Lipinski definition) is 7. The van der Waals surface area contributed by atoms with Crippen molar-refractivity contribution in [3.63, 3.8) is 0 Å². The summed E-state index contributed by atoms with van der Waals surface area (Å²) in [5.74, 6) is -0.161. The van der Waals surface area contributed by atoms with Gasteiger partial charge in [-0.1, -0.05) is 12.1 Å². The molecule has 1 aliphatic rings. The van der Waals surface area contributed by atoms with Crippen LogP contribution in [0.4, 0.5) is 5.69 Å². The van der Waals surface area contributed by atoms with Gasteiger partial charge in [0.15, 0.2) is 0 Å². The van der Waals surface area contributed by atoms with Crippen LogP contribution >= 0.6 is 0 Å². The molecule has 3 rings (SSSR count). The fourth-order valence-corrected chi connectivity index (χ4v) is 5.16. The number of sulfonamides is 2. The van der Waals surface area contributed by atoms with Crippen molar-refractivity contribution in [1.82, 2.24) is 9.62 Å². The third kappa shape index (κ3) is 5.82. The van der Waals surface area contributed by atoms with E-state index in [1.165, 1.54) is 42.7 Å². The van der Waals surface area contributed by atoms with E-state index >= 15 is 0 Å². The van der Waals surface area contributed by atoms with Gasteiger partial charge in [0, 0.05) is 26.7 Å². The second-order valence-corrected chi connectivity index (χ2v) is 11.4. The number of nitrogens with one attached hydrogen (secondary N) is 1. The first-order chi connectivity index (χ1) is 15.5. The molecule has 1 N–H and O–H groups in total. The number of amides is 1. The van der Waals surface area contributed by atoms with Gasteiger partial charge in [-0.2, -0.15) is 4.31 Å². The highest BCUT2D eigenvalue weighted by molar-refractivity contribution is 7.92. The van der Waals surface area contributed by atoms with Gasteiger partial charge < -0.3 is 14.8 Å². The van der Waals surface area contributed by atoms with Crippen molar-refractivity contribution in [2.45, 2.75) is 11.4 Å². The van der Waals surface area contributed by atoms with Crippen LogP contribution in [-0.4, -0.2) is 73.8 Å². The number of methoxy groups -OCH3 is 1. The highest BCUT2D eigenvalue weighted by atomic mass is 32.2. The smallest absolute Gasteiger partial charge is 0.255 e. The molecule has 2 aromatic rings. The molecule has 1 aliphatic heterocycles. The molecule has 12 heteroatoms. The number of rotatable bonds is 8. The summed E-state index contributed by atoms with van der Waals surface area (Å²) in [6.45, 7) is 1.51. The van der Waals surface area contributed by atoms with Gasteiger partial charge in [-0.3, -0.25) is 9.10 Å². The lowest BCUT2D eigenvalue weighted by Crippen LogP contribution is -2.40. The van der Waals surface area contributed by atoms with Crippen LogP contribution in [0.2, 0.25) is 0 Å². The lowest BCUT2D eigenvalue weighted by atomic mass is 10.1. The zero-order valence-corrected chi connectivity index (χ0v) is 20.3. The standard InChI is InChI=1S/C21H27N3O7S2/c1-23(32(3,26)27)17-6-9-20(30-2)19(14-17)21(25)22-15-16-4-7-18(8-5-16)33(28,29)24-10-12-31-13-11-24/h4-9,14H,10-13,15H2,1-3H3,(H,22,25).